The highest BCUT2D eigenvalue weighted by molar-refractivity contribution is 6.39. The highest BCUT2D eigenvalue weighted by atomic mass is 35.5. The van der Waals surface area contributed by atoms with E-state index in [4.69, 9.17) is 23.2 Å². The van der Waals surface area contributed by atoms with Crippen molar-refractivity contribution in [3.63, 3.8) is 0 Å². The molecule has 8 nitrogen and oxygen atoms in total. The minimum absolute atomic E-state index is 0.0261. The Kier molecular flexibility index (Phi) is 8.99. The van der Waals surface area contributed by atoms with Crippen molar-refractivity contribution in [1.82, 2.24) is 10.6 Å². The molecule has 4 N–H and O–H groups in total. The number of carboxylic acids is 1. The second-order valence-corrected chi connectivity index (χ2v) is 9.61. The number of benzene rings is 3. The Morgan fingerprint density at radius 2 is 1.66 bits per heavy atom. The minimum atomic E-state index is -1.19. The van der Waals surface area contributed by atoms with Crippen molar-refractivity contribution in [2.24, 2.45) is 4.99 Å². The maximum absolute atomic E-state index is 12.9. The molecule has 0 unspecified atom stereocenters. The maximum Gasteiger partial charge on any atom is 0.326 e. The molecule has 1 heterocycles. The summed E-state index contributed by atoms with van der Waals surface area (Å²) in [4.78, 5) is 41.7. The van der Waals surface area contributed by atoms with Crippen LogP contribution in [0.5, 0.6) is 0 Å². The van der Waals surface area contributed by atoms with Gasteiger partial charge in [-0.25, -0.2) is 4.79 Å². The molecule has 0 bridgehead atoms. The predicted molar refractivity (Wildman–Crippen MR) is 149 cm³/mol. The zero-order chi connectivity index (χ0) is 27.1. The number of halogens is 2. The Bertz CT molecular complexity index is 1360. The van der Waals surface area contributed by atoms with Crippen LogP contribution in [0.3, 0.4) is 0 Å². The fraction of sp³-hybridized carbons (Fsp3) is 0.214. The lowest BCUT2D eigenvalue weighted by Gasteiger charge is -2.16. The zero-order valence-electron chi connectivity index (χ0n) is 20.3. The van der Waals surface area contributed by atoms with E-state index in [9.17, 15) is 19.5 Å². The van der Waals surface area contributed by atoms with E-state index in [2.05, 4.69) is 20.9 Å². The van der Waals surface area contributed by atoms with Gasteiger partial charge in [0.1, 0.15) is 6.04 Å². The van der Waals surface area contributed by atoms with Gasteiger partial charge in [0.2, 0.25) is 0 Å². The summed E-state index contributed by atoms with van der Waals surface area (Å²) in [5, 5.41) is 18.8. The first-order valence-corrected chi connectivity index (χ1v) is 12.8. The van der Waals surface area contributed by atoms with Crippen molar-refractivity contribution >= 4 is 52.5 Å². The number of carboxylic acid groups (broad SMARTS) is 1. The summed E-state index contributed by atoms with van der Waals surface area (Å²) in [5.41, 5.74) is 2.85. The third-order valence-electron chi connectivity index (χ3n) is 5.97. The van der Waals surface area contributed by atoms with Crippen LogP contribution in [-0.4, -0.2) is 47.9 Å². The Labute approximate surface area is 230 Å². The summed E-state index contributed by atoms with van der Waals surface area (Å²) in [6, 6.07) is 17.7. The Hall–Kier alpha value is -3.88. The van der Waals surface area contributed by atoms with Gasteiger partial charge < -0.3 is 21.1 Å². The number of Topliss-reactive ketones (excluding diaryl/α,β-unsaturated/α-hetero) is 1. The molecule has 0 spiro atoms. The fourth-order valence-corrected chi connectivity index (χ4v) is 4.55. The number of anilines is 1. The Morgan fingerprint density at radius 1 is 0.974 bits per heavy atom. The van der Waals surface area contributed by atoms with E-state index in [1.54, 1.807) is 42.5 Å². The largest absolute Gasteiger partial charge is 0.480 e. The number of aliphatic imine (C=N–C) groups is 1. The SMILES string of the molecule is O=C(Cc1ccc(C[C@H](NC(=O)c2c(Cl)cccc2Cl)C(=O)O)cc1)c1cccc(NC2=NCCCN2)c1. The van der Waals surface area contributed by atoms with E-state index in [0.29, 0.717) is 17.1 Å². The second-order valence-electron chi connectivity index (χ2n) is 8.80. The van der Waals surface area contributed by atoms with Gasteiger partial charge in [0.25, 0.3) is 5.91 Å². The van der Waals surface area contributed by atoms with Crippen LogP contribution in [0, 0.1) is 0 Å². The molecule has 1 aliphatic rings. The van der Waals surface area contributed by atoms with Crippen LogP contribution < -0.4 is 16.0 Å². The van der Waals surface area contributed by atoms with Gasteiger partial charge in [0.15, 0.2) is 11.7 Å². The third-order valence-corrected chi connectivity index (χ3v) is 6.60. The van der Waals surface area contributed by atoms with Gasteiger partial charge in [-0.1, -0.05) is 65.7 Å². The predicted octanol–water partition coefficient (Wildman–Crippen LogP) is 4.61. The molecule has 3 aromatic carbocycles. The molecule has 0 saturated heterocycles. The van der Waals surface area contributed by atoms with Crippen LogP contribution in [0.4, 0.5) is 5.69 Å². The van der Waals surface area contributed by atoms with Crippen molar-refractivity contribution in [3.05, 3.63) is 99.0 Å². The van der Waals surface area contributed by atoms with Gasteiger partial charge in [-0.3, -0.25) is 14.6 Å². The van der Waals surface area contributed by atoms with Crippen LogP contribution in [0.2, 0.25) is 10.0 Å². The normalized spacial score (nSPS) is 13.6. The number of guanidine groups is 1. The number of amides is 1. The van der Waals surface area contributed by atoms with E-state index in [-0.39, 0.29) is 34.2 Å². The van der Waals surface area contributed by atoms with Gasteiger partial charge in [-0.15, -0.1) is 0 Å². The van der Waals surface area contributed by atoms with E-state index in [0.717, 1.165) is 30.8 Å². The van der Waals surface area contributed by atoms with Crippen molar-refractivity contribution in [2.45, 2.75) is 25.3 Å². The molecular formula is C28H26Cl2N4O4. The average Bonchev–Trinajstić information content (AvgIpc) is 2.90. The van der Waals surface area contributed by atoms with Crippen LogP contribution in [0.15, 0.2) is 71.7 Å². The van der Waals surface area contributed by atoms with Gasteiger partial charge >= 0.3 is 5.97 Å². The van der Waals surface area contributed by atoms with Crippen LogP contribution in [0.1, 0.15) is 38.3 Å². The molecular weight excluding hydrogens is 527 g/mol. The number of hydrogen-bond acceptors (Lipinski definition) is 6. The van der Waals surface area contributed by atoms with Crippen LogP contribution >= 0.6 is 23.2 Å². The summed E-state index contributed by atoms with van der Waals surface area (Å²) >= 11 is 12.1. The fourth-order valence-electron chi connectivity index (χ4n) is 3.99. The minimum Gasteiger partial charge on any atom is -0.480 e. The molecule has 1 aliphatic heterocycles. The molecule has 3 aromatic rings. The molecule has 0 fully saturated rings. The van der Waals surface area contributed by atoms with Crippen molar-refractivity contribution in [3.8, 4) is 0 Å². The lowest BCUT2D eigenvalue weighted by molar-refractivity contribution is -0.139. The van der Waals surface area contributed by atoms with E-state index >= 15 is 0 Å². The van der Waals surface area contributed by atoms with Crippen LogP contribution in [-0.2, 0) is 17.6 Å². The first kappa shape index (κ1) is 27.2. The van der Waals surface area contributed by atoms with Crippen LogP contribution in [0.25, 0.3) is 0 Å². The highest BCUT2D eigenvalue weighted by Gasteiger charge is 2.24. The number of carbonyl (C=O) groups excluding carboxylic acids is 2. The lowest BCUT2D eigenvalue weighted by Crippen LogP contribution is -2.42. The van der Waals surface area contributed by atoms with Crippen molar-refractivity contribution in [2.75, 3.05) is 18.4 Å². The van der Waals surface area contributed by atoms with Gasteiger partial charge in [-0.2, -0.15) is 0 Å². The first-order chi connectivity index (χ1) is 18.3. The number of rotatable bonds is 9. The zero-order valence-corrected chi connectivity index (χ0v) is 21.9. The number of nitrogens with one attached hydrogen (secondary N) is 3. The summed E-state index contributed by atoms with van der Waals surface area (Å²) < 4.78 is 0. The molecule has 38 heavy (non-hydrogen) atoms. The smallest absolute Gasteiger partial charge is 0.326 e. The number of ketones is 1. The highest BCUT2D eigenvalue weighted by Crippen LogP contribution is 2.24. The summed E-state index contributed by atoms with van der Waals surface area (Å²) in [6.07, 6.45) is 1.22. The average molecular weight is 553 g/mol. The maximum atomic E-state index is 12.9. The molecule has 0 aliphatic carbocycles. The van der Waals surface area contributed by atoms with Gasteiger partial charge in [0, 0.05) is 37.2 Å². The topological polar surface area (TPSA) is 120 Å². The van der Waals surface area contributed by atoms with Gasteiger partial charge in [0.05, 0.1) is 15.6 Å². The van der Waals surface area contributed by atoms with Crippen molar-refractivity contribution < 1.29 is 19.5 Å². The second kappa shape index (κ2) is 12.6. The Balaban J connectivity index is 1.38. The Morgan fingerprint density at radius 3 is 2.32 bits per heavy atom. The summed E-state index contributed by atoms with van der Waals surface area (Å²) in [5.74, 6) is -1.21. The molecule has 1 atom stereocenters. The lowest BCUT2D eigenvalue weighted by atomic mass is 9.99. The molecule has 0 radical (unpaired) electrons. The summed E-state index contributed by atoms with van der Waals surface area (Å²) in [6.45, 7) is 1.62. The number of nitrogens with zero attached hydrogens (tertiary/aromatic N) is 1. The quantitative estimate of drug-likeness (QED) is 0.288. The monoisotopic (exact) mass is 552 g/mol. The summed E-state index contributed by atoms with van der Waals surface area (Å²) in [7, 11) is 0. The van der Waals surface area contributed by atoms with E-state index < -0.39 is 17.9 Å². The van der Waals surface area contributed by atoms with E-state index in [1.807, 2.05) is 12.1 Å². The molecule has 10 heteroatoms. The third kappa shape index (κ3) is 7.12. The number of hydrogen-bond donors (Lipinski definition) is 4. The molecule has 1 amide bonds. The number of aliphatic carboxylic acids is 1. The molecule has 0 aromatic heterocycles. The van der Waals surface area contributed by atoms with Crippen molar-refractivity contribution in [1.29, 1.82) is 0 Å². The van der Waals surface area contributed by atoms with Gasteiger partial charge in [-0.05, 0) is 41.8 Å². The molecule has 4 rings (SSSR count). The molecule has 0 saturated carbocycles. The van der Waals surface area contributed by atoms with E-state index in [1.165, 1.54) is 12.1 Å². The standard InChI is InChI=1S/C28H26Cl2N4O4/c29-21-6-2-7-22(30)25(21)26(36)34-23(27(37)38)14-17-8-10-18(11-9-17)15-24(35)19-4-1-5-20(16-19)33-28-31-12-3-13-32-28/h1-2,4-11,16,23H,3,12-15H2,(H,34,36)(H,37,38)(H2,31,32,33)/t23-/m0/s1. The molecule has 196 valence electrons. The number of carbonyl (C=O) groups is 3. The first-order valence-electron chi connectivity index (χ1n) is 12.0.